The number of unbranched alkanes of at least 4 members (excludes halogenated alkanes) is 2. The van der Waals surface area contributed by atoms with Gasteiger partial charge in [-0.05, 0) is 24.7 Å². The smallest absolute Gasteiger partial charge is 0.305 e. The molecule has 0 aromatic rings. The fraction of sp³-hybridized carbons (Fsp3) is 0.933. The van der Waals surface area contributed by atoms with Crippen LogP contribution in [0, 0.1) is 11.8 Å². The van der Waals surface area contributed by atoms with E-state index >= 15 is 0 Å². The van der Waals surface area contributed by atoms with Crippen LogP contribution in [0.25, 0.3) is 0 Å². The molecule has 0 aromatic carbocycles. The Kier molecular flexibility index (Phi) is 10.3. The minimum absolute atomic E-state index is 0.0193. The van der Waals surface area contributed by atoms with Crippen molar-refractivity contribution in [2.45, 2.75) is 72.6 Å². The maximum Gasteiger partial charge on any atom is 0.305 e. The fourth-order valence-corrected chi connectivity index (χ4v) is 1.62. The first-order valence-electron chi connectivity index (χ1n) is 7.21. The van der Waals surface area contributed by atoms with Crippen molar-refractivity contribution >= 4 is 5.97 Å². The third-order valence-corrected chi connectivity index (χ3v) is 3.23. The molecule has 0 rings (SSSR count). The maximum atomic E-state index is 11.4. The van der Waals surface area contributed by atoms with E-state index < -0.39 is 0 Å². The molecule has 2 heteroatoms. The summed E-state index contributed by atoms with van der Waals surface area (Å²) in [6.45, 7) is 9.39. The number of carbonyl (C=O) groups excluding carboxylic acids is 1. The van der Waals surface area contributed by atoms with Gasteiger partial charge in [-0.25, -0.2) is 0 Å². The van der Waals surface area contributed by atoms with Crippen LogP contribution in [0.5, 0.6) is 0 Å². The highest BCUT2D eigenvalue weighted by atomic mass is 16.5. The molecule has 17 heavy (non-hydrogen) atoms. The number of hydrogen-bond donors (Lipinski definition) is 0. The SMILES string of the molecule is CCC(C)CCCCCC(=O)OCCC(C)C. The lowest BCUT2D eigenvalue weighted by Crippen LogP contribution is -2.07. The van der Waals surface area contributed by atoms with Crippen molar-refractivity contribution in [1.29, 1.82) is 0 Å². The number of esters is 1. The third kappa shape index (κ3) is 11.7. The van der Waals surface area contributed by atoms with Gasteiger partial charge in [-0.2, -0.15) is 0 Å². The van der Waals surface area contributed by atoms with E-state index in [1.807, 2.05) is 0 Å². The summed E-state index contributed by atoms with van der Waals surface area (Å²) in [5.41, 5.74) is 0. The van der Waals surface area contributed by atoms with E-state index in [1.54, 1.807) is 0 Å². The van der Waals surface area contributed by atoms with E-state index in [0.29, 0.717) is 18.9 Å². The zero-order valence-electron chi connectivity index (χ0n) is 12.1. The zero-order valence-corrected chi connectivity index (χ0v) is 12.1. The molecule has 1 atom stereocenters. The van der Waals surface area contributed by atoms with Gasteiger partial charge >= 0.3 is 5.97 Å². The Balaban J connectivity index is 3.27. The second-order valence-electron chi connectivity index (χ2n) is 5.52. The molecule has 0 spiro atoms. The molecular weight excluding hydrogens is 212 g/mol. The molecule has 0 aliphatic carbocycles. The van der Waals surface area contributed by atoms with Crippen LogP contribution in [0.3, 0.4) is 0 Å². The quantitative estimate of drug-likeness (QED) is 0.414. The van der Waals surface area contributed by atoms with Crippen LogP contribution in [0.4, 0.5) is 0 Å². The average molecular weight is 242 g/mol. The standard InChI is InChI=1S/C15H30O2/c1-5-14(4)9-7-6-8-10-15(16)17-12-11-13(2)3/h13-14H,5-12H2,1-4H3. The van der Waals surface area contributed by atoms with Gasteiger partial charge in [0.15, 0.2) is 0 Å². The van der Waals surface area contributed by atoms with Crippen LogP contribution in [-0.2, 0) is 9.53 Å². The molecule has 0 heterocycles. The molecule has 0 N–H and O–H groups in total. The second-order valence-corrected chi connectivity index (χ2v) is 5.52. The van der Waals surface area contributed by atoms with Gasteiger partial charge in [0.2, 0.25) is 0 Å². The topological polar surface area (TPSA) is 26.3 Å². The molecule has 0 fully saturated rings. The lowest BCUT2D eigenvalue weighted by atomic mass is 10.0. The largest absolute Gasteiger partial charge is 0.466 e. The van der Waals surface area contributed by atoms with E-state index in [-0.39, 0.29) is 5.97 Å². The molecule has 0 bridgehead atoms. The van der Waals surface area contributed by atoms with Gasteiger partial charge in [-0.3, -0.25) is 4.79 Å². The summed E-state index contributed by atoms with van der Waals surface area (Å²) in [6, 6.07) is 0. The summed E-state index contributed by atoms with van der Waals surface area (Å²) in [4.78, 5) is 11.4. The lowest BCUT2D eigenvalue weighted by Gasteiger charge is -2.08. The van der Waals surface area contributed by atoms with Crippen LogP contribution in [0.1, 0.15) is 72.6 Å². The monoisotopic (exact) mass is 242 g/mol. The molecule has 2 nitrogen and oxygen atoms in total. The lowest BCUT2D eigenvalue weighted by molar-refractivity contribution is -0.144. The first-order valence-corrected chi connectivity index (χ1v) is 7.21. The zero-order chi connectivity index (χ0) is 13.1. The minimum atomic E-state index is -0.0193. The Labute approximate surface area is 107 Å². The predicted molar refractivity (Wildman–Crippen MR) is 73.0 cm³/mol. The van der Waals surface area contributed by atoms with Crippen LogP contribution in [0.2, 0.25) is 0 Å². The highest BCUT2D eigenvalue weighted by Gasteiger charge is 2.04. The highest BCUT2D eigenvalue weighted by Crippen LogP contribution is 2.13. The van der Waals surface area contributed by atoms with Crippen molar-refractivity contribution in [2.24, 2.45) is 11.8 Å². The molecule has 102 valence electrons. The van der Waals surface area contributed by atoms with E-state index in [0.717, 1.165) is 25.2 Å². The van der Waals surface area contributed by atoms with Crippen molar-refractivity contribution in [2.75, 3.05) is 6.61 Å². The normalized spacial score (nSPS) is 12.8. The second kappa shape index (κ2) is 10.6. The van der Waals surface area contributed by atoms with Crippen molar-refractivity contribution in [1.82, 2.24) is 0 Å². The Morgan fingerprint density at radius 3 is 2.35 bits per heavy atom. The molecule has 1 unspecified atom stereocenters. The summed E-state index contributed by atoms with van der Waals surface area (Å²) in [5, 5.41) is 0. The molecule has 0 radical (unpaired) electrons. The predicted octanol–water partition coefficient (Wildman–Crippen LogP) is 4.57. The van der Waals surface area contributed by atoms with Crippen LogP contribution >= 0.6 is 0 Å². The highest BCUT2D eigenvalue weighted by molar-refractivity contribution is 5.69. The first kappa shape index (κ1) is 16.5. The number of hydrogen-bond acceptors (Lipinski definition) is 2. The van der Waals surface area contributed by atoms with Gasteiger partial charge in [0.05, 0.1) is 6.61 Å². The summed E-state index contributed by atoms with van der Waals surface area (Å²) in [7, 11) is 0. The molecule has 0 aliphatic heterocycles. The molecule has 0 saturated heterocycles. The Morgan fingerprint density at radius 2 is 1.76 bits per heavy atom. The van der Waals surface area contributed by atoms with Crippen LogP contribution in [-0.4, -0.2) is 12.6 Å². The Hall–Kier alpha value is -0.530. The third-order valence-electron chi connectivity index (χ3n) is 3.23. The van der Waals surface area contributed by atoms with E-state index in [9.17, 15) is 4.79 Å². The molecule has 0 aliphatic rings. The molecule has 0 saturated carbocycles. The number of carbonyl (C=O) groups is 1. The molecule has 0 amide bonds. The molecular formula is C15H30O2. The number of rotatable bonds is 10. The summed E-state index contributed by atoms with van der Waals surface area (Å²) in [6.07, 6.45) is 7.50. The van der Waals surface area contributed by atoms with Crippen LogP contribution < -0.4 is 0 Å². The Bertz CT molecular complexity index is 187. The van der Waals surface area contributed by atoms with Gasteiger partial charge in [0.25, 0.3) is 0 Å². The van der Waals surface area contributed by atoms with E-state index in [4.69, 9.17) is 4.74 Å². The van der Waals surface area contributed by atoms with Crippen molar-refractivity contribution in [3.8, 4) is 0 Å². The summed E-state index contributed by atoms with van der Waals surface area (Å²) >= 11 is 0. The summed E-state index contributed by atoms with van der Waals surface area (Å²) < 4.78 is 5.16. The van der Waals surface area contributed by atoms with E-state index in [2.05, 4.69) is 27.7 Å². The molecule has 0 aromatic heterocycles. The average Bonchev–Trinajstić information content (AvgIpc) is 2.27. The summed E-state index contributed by atoms with van der Waals surface area (Å²) in [5.74, 6) is 1.42. The Morgan fingerprint density at radius 1 is 1.06 bits per heavy atom. The van der Waals surface area contributed by atoms with Gasteiger partial charge in [0, 0.05) is 6.42 Å². The van der Waals surface area contributed by atoms with Crippen molar-refractivity contribution in [3.63, 3.8) is 0 Å². The van der Waals surface area contributed by atoms with Crippen molar-refractivity contribution in [3.05, 3.63) is 0 Å². The van der Waals surface area contributed by atoms with Gasteiger partial charge in [-0.1, -0.05) is 53.4 Å². The van der Waals surface area contributed by atoms with Crippen LogP contribution in [0.15, 0.2) is 0 Å². The van der Waals surface area contributed by atoms with E-state index in [1.165, 1.54) is 19.3 Å². The maximum absolute atomic E-state index is 11.4. The minimum Gasteiger partial charge on any atom is -0.466 e. The van der Waals surface area contributed by atoms with Gasteiger partial charge in [-0.15, -0.1) is 0 Å². The number of ether oxygens (including phenoxy) is 1. The van der Waals surface area contributed by atoms with Gasteiger partial charge < -0.3 is 4.74 Å². The fourth-order valence-electron chi connectivity index (χ4n) is 1.62. The van der Waals surface area contributed by atoms with Gasteiger partial charge in [0.1, 0.15) is 0 Å². The first-order chi connectivity index (χ1) is 8.06. The van der Waals surface area contributed by atoms with Crippen molar-refractivity contribution < 1.29 is 9.53 Å².